The van der Waals surface area contributed by atoms with Gasteiger partial charge in [0.2, 0.25) is 0 Å². The van der Waals surface area contributed by atoms with Crippen molar-refractivity contribution in [3.8, 4) is 0 Å². The van der Waals surface area contributed by atoms with Crippen molar-refractivity contribution in [1.29, 1.82) is 0 Å². The molecule has 0 unspecified atom stereocenters. The number of aliphatic carboxylic acids is 1. The Labute approximate surface area is 88.0 Å². The number of carbonyl (C=O) groups is 1. The molecule has 0 spiro atoms. The van der Waals surface area contributed by atoms with E-state index in [0.29, 0.717) is 5.56 Å². The lowest BCUT2D eigenvalue weighted by molar-refractivity contribution is -0.209. The Morgan fingerprint density at radius 2 is 1.93 bits per heavy atom. The number of hydrogen-bond donors (Lipinski definition) is 3. The van der Waals surface area contributed by atoms with E-state index in [4.69, 9.17) is 15.3 Å². The first-order valence-corrected chi connectivity index (χ1v) is 4.56. The third-order valence-corrected chi connectivity index (χ3v) is 1.57. The van der Waals surface area contributed by atoms with Crippen LogP contribution in [-0.4, -0.2) is 26.3 Å². The molecule has 0 saturated carbocycles. The Morgan fingerprint density at radius 3 is 2.33 bits per heavy atom. The molecular formula is C10H15NO4. The van der Waals surface area contributed by atoms with Gasteiger partial charge >= 0.3 is 11.8 Å². The molecule has 0 saturated heterocycles. The molecular weight excluding hydrogens is 198 g/mol. The molecule has 0 radical (unpaired) electrons. The Kier molecular flexibility index (Phi) is 4.90. The maximum absolute atomic E-state index is 10.4. The molecule has 0 aliphatic carbocycles. The van der Waals surface area contributed by atoms with E-state index >= 15 is 0 Å². The molecule has 3 N–H and O–H groups in total. The number of carboxylic acids is 1. The molecule has 5 nitrogen and oxygen atoms in total. The fourth-order valence-electron chi connectivity index (χ4n) is 0.836. The van der Waals surface area contributed by atoms with Gasteiger partial charge in [0.15, 0.2) is 0 Å². The molecule has 0 bridgehead atoms. The second kappa shape index (κ2) is 5.43. The summed E-state index contributed by atoms with van der Waals surface area (Å²) in [5.74, 6) is -4.66. The second-order valence-electron chi connectivity index (χ2n) is 2.70. The van der Waals surface area contributed by atoms with Crippen LogP contribution in [0.25, 0.3) is 0 Å². The zero-order valence-electron chi connectivity index (χ0n) is 8.93. The SMILES string of the molecule is CC.Cc1ccnc(C(O)(O)C(=O)O)c1. The van der Waals surface area contributed by atoms with Crippen molar-refractivity contribution >= 4 is 5.97 Å². The van der Waals surface area contributed by atoms with Crippen molar-refractivity contribution in [3.05, 3.63) is 29.6 Å². The highest BCUT2D eigenvalue weighted by molar-refractivity contribution is 5.76. The summed E-state index contributed by atoms with van der Waals surface area (Å²) in [7, 11) is 0. The predicted octanol–water partition coefficient (Wildman–Crippen LogP) is 0.638. The molecule has 0 fully saturated rings. The second-order valence-corrected chi connectivity index (χ2v) is 2.70. The van der Waals surface area contributed by atoms with Crippen molar-refractivity contribution in [1.82, 2.24) is 4.98 Å². The average Bonchev–Trinajstić information content (AvgIpc) is 2.20. The minimum absolute atomic E-state index is 0.292. The molecule has 0 aromatic carbocycles. The lowest BCUT2D eigenvalue weighted by Gasteiger charge is -2.15. The van der Waals surface area contributed by atoms with Crippen LogP contribution >= 0.6 is 0 Å². The maximum atomic E-state index is 10.4. The third kappa shape index (κ3) is 3.30. The third-order valence-electron chi connectivity index (χ3n) is 1.57. The van der Waals surface area contributed by atoms with Gasteiger partial charge in [-0.2, -0.15) is 0 Å². The lowest BCUT2D eigenvalue weighted by Crippen LogP contribution is -2.36. The number of hydrogen-bond acceptors (Lipinski definition) is 4. The van der Waals surface area contributed by atoms with Gasteiger partial charge in [0.25, 0.3) is 0 Å². The molecule has 15 heavy (non-hydrogen) atoms. The molecule has 0 atom stereocenters. The van der Waals surface area contributed by atoms with Crippen molar-refractivity contribution in [2.24, 2.45) is 0 Å². The lowest BCUT2D eigenvalue weighted by atomic mass is 10.1. The van der Waals surface area contributed by atoms with Crippen LogP contribution in [0.2, 0.25) is 0 Å². The first kappa shape index (κ1) is 13.5. The van der Waals surface area contributed by atoms with Crippen LogP contribution in [0.1, 0.15) is 25.1 Å². The molecule has 84 valence electrons. The van der Waals surface area contributed by atoms with Crippen LogP contribution in [0.4, 0.5) is 0 Å². The smallest absolute Gasteiger partial charge is 0.370 e. The summed E-state index contributed by atoms with van der Waals surface area (Å²) in [6.07, 6.45) is 1.31. The van der Waals surface area contributed by atoms with E-state index in [9.17, 15) is 4.79 Å². The van der Waals surface area contributed by atoms with E-state index in [1.165, 1.54) is 12.3 Å². The largest absolute Gasteiger partial charge is 0.477 e. The van der Waals surface area contributed by atoms with Gasteiger partial charge in [0.05, 0.1) is 0 Å². The Balaban J connectivity index is 0.000000921. The zero-order valence-corrected chi connectivity index (χ0v) is 8.93. The van der Waals surface area contributed by atoms with Crippen molar-refractivity contribution in [3.63, 3.8) is 0 Å². The van der Waals surface area contributed by atoms with E-state index in [1.807, 2.05) is 13.8 Å². The summed E-state index contributed by atoms with van der Waals surface area (Å²) >= 11 is 0. The van der Waals surface area contributed by atoms with Gasteiger partial charge in [-0.25, -0.2) is 4.79 Å². The highest BCUT2D eigenvalue weighted by Gasteiger charge is 2.37. The predicted molar refractivity (Wildman–Crippen MR) is 54.1 cm³/mol. The van der Waals surface area contributed by atoms with Gasteiger partial charge < -0.3 is 15.3 Å². The maximum Gasteiger partial charge on any atom is 0.370 e. The minimum Gasteiger partial charge on any atom is -0.477 e. The molecule has 0 aliphatic heterocycles. The summed E-state index contributed by atoms with van der Waals surface area (Å²) in [4.78, 5) is 13.9. The first-order valence-electron chi connectivity index (χ1n) is 4.56. The molecule has 1 aromatic rings. The van der Waals surface area contributed by atoms with E-state index in [-0.39, 0.29) is 5.69 Å². The number of nitrogens with zero attached hydrogens (tertiary/aromatic N) is 1. The zero-order chi connectivity index (χ0) is 12.1. The number of carboxylic acid groups (broad SMARTS) is 1. The van der Waals surface area contributed by atoms with E-state index < -0.39 is 11.8 Å². The van der Waals surface area contributed by atoms with E-state index in [2.05, 4.69) is 4.98 Å². The molecule has 5 heteroatoms. The molecule has 0 aliphatic rings. The highest BCUT2D eigenvalue weighted by Crippen LogP contribution is 2.16. The van der Waals surface area contributed by atoms with Crippen LogP contribution in [0, 0.1) is 6.92 Å². The number of aromatic nitrogens is 1. The van der Waals surface area contributed by atoms with Crippen LogP contribution in [0.15, 0.2) is 18.3 Å². The molecule has 1 rings (SSSR count). The normalized spacial score (nSPS) is 10.2. The van der Waals surface area contributed by atoms with Gasteiger partial charge in [-0.1, -0.05) is 13.8 Å². The summed E-state index contributed by atoms with van der Waals surface area (Å²) in [6, 6.07) is 2.93. The standard InChI is InChI=1S/C8H9NO4.C2H6/c1-5-2-3-9-6(4-5)8(12,13)7(10)11;1-2/h2-4,12-13H,1H3,(H,10,11);1-2H3. The molecule has 1 heterocycles. The Hall–Kier alpha value is -1.46. The van der Waals surface area contributed by atoms with Gasteiger partial charge in [0.1, 0.15) is 5.69 Å². The topological polar surface area (TPSA) is 90.7 Å². The highest BCUT2D eigenvalue weighted by atomic mass is 16.5. The fourth-order valence-corrected chi connectivity index (χ4v) is 0.836. The van der Waals surface area contributed by atoms with Gasteiger partial charge in [-0.05, 0) is 24.6 Å². The number of pyridine rings is 1. The molecule has 1 aromatic heterocycles. The summed E-state index contributed by atoms with van der Waals surface area (Å²) in [6.45, 7) is 5.70. The molecule has 0 amide bonds. The van der Waals surface area contributed by atoms with Gasteiger partial charge in [0, 0.05) is 6.20 Å². The fraction of sp³-hybridized carbons (Fsp3) is 0.400. The van der Waals surface area contributed by atoms with Crippen LogP contribution in [-0.2, 0) is 10.6 Å². The van der Waals surface area contributed by atoms with Crippen LogP contribution in [0.3, 0.4) is 0 Å². The minimum atomic E-state index is -2.91. The van der Waals surface area contributed by atoms with E-state index in [0.717, 1.165) is 0 Å². The number of aliphatic hydroxyl groups is 2. The van der Waals surface area contributed by atoms with Gasteiger partial charge in [-0.15, -0.1) is 0 Å². The Morgan fingerprint density at radius 1 is 1.40 bits per heavy atom. The van der Waals surface area contributed by atoms with Crippen LogP contribution < -0.4 is 0 Å². The number of rotatable bonds is 2. The monoisotopic (exact) mass is 213 g/mol. The van der Waals surface area contributed by atoms with Gasteiger partial charge in [-0.3, -0.25) is 4.98 Å². The summed E-state index contributed by atoms with van der Waals surface area (Å²) < 4.78 is 0. The number of aryl methyl sites for hydroxylation is 1. The Bertz CT molecular complexity index is 336. The quantitative estimate of drug-likeness (QED) is 0.627. The summed E-state index contributed by atoms with van der Waals surface area (Å²) in [5.41, 5.74) is 0.415. The van der Waals surface area contributed by atoms with Crippen molar-refractivity contribution < 1.29 is 20.1 Å². The van der Waals surface area contributed by atoms with E-state index in [1.54, 1.807) is 13.0 Å². The van der Waals surface area contributed by atoms with Crippen LogP contribution in [0.5, 0.6) is 0 Å². The summed E-state index contributed by atoms with van der Waals surface area (Å²) in [5, 5.41) is 26.6. The first-order chi connectivity index (χ1) is 6.94. The van der Waals surface area contributed by atoms with Crippen molar-refractivity contribution in [2.45, 2.75) is 26.6 Å². The average molecular weight is 213 g/mol. The van der Waals surface area contributed by atoms with Crippen molar-refractivity contribution in [2.75, 3.05) is 0 Å².